The highest BCUT2D eigenvalue weighted by atomic mass is 16.5. The van der Waals surface area contributed by atoms with E-state index in [2.05, 4.69) is 11.7 Å². The Morgan fingerprint density at radius 2 is 1.73 bits per heavy atom. The van der Waals surface area contributed by atoms with Crippen LogP contribution in [0.4, 0.5) is 0 Å². The summed E-state index contributed by atoms with van der Waals surface area (Å²) in [5, 5.41) is 0. The van der Waals surface area contributed by atoms with Crippen LogP contribution >= 0.6 is 0 Å². The van der Waals surface area contributed by atoms with Crippen LogP contribution in [0.5, 0.6) is 0 Å². The van der Waals surface area contributed by atoms with Gasteiger partial charge in [0.15, 0.2) is 0 Å². The lowest BCUT2D eigenvalue weighted by atomic mass is 10.1. The first kappa shape index (κ1) is 10.5. The predicted octanol–water partition coefficient (Wildman–Crippen LogP) is 2.24. The molecule has 0 N–H and O–H groups in total. The number of rotatable bonds is 8. The van der Waals surface area contributed by atoms with Gasteiger partial charge in [0, 0.05) is 0 Å². The van der Waals surface area contributed by atoms with Crippen molar-refractivity contribution in [1.29, 1.82) is 0 Å². The minimum Gasteiger partial charge on any atom is -0.457 e. The van der Waals surface area contributed by atoms with Crippen LogP contribution in [0, 0.1) is 6.92 Å². The van der Waals surface area contributed by atoms with Crippen molar-refractivity contribution in [3.8, 4) is 0 Å². The molecule has 0 fully saturated rings. The summed E-state index contributed by atoms with van der Waals surface area (Å²) >= 11 is 0. The molecule has 0 aliphatic heterocycles. The van der Waals surface area contributed by atoms with E-state index in [1.807, 2.05) is 0 Å². The summed E-state index contributed by atoms with van der Waals surface area (Å²) in [5.41, 5.74) is 0. The van der Waals surface area contributed by atoms with E-state index in [0.717, 1.165) is 19.3 Å². The van der Waals surface area contributed by atoms with Crippen molar-refractivity contribution in [3.05, 3.63) is 6.92 Å². The Morgan fingerprint density at radius 1 is 1.09 bits per heavy atom. The third-order valence-corrected chi connectivity index (χ3v) is 1.56. The maximum absolute atomic E-state index is 9.58. The van der Waals surface area contributed by atoms with Crippen LogP contribution in [0.2, 0.25) is 0 Å². The van der Waals surface area contributed by atoms with E-state index in [9.17, 15) is 4.79 Å². The Balaban J connectivity index is 2.74. The summed E-state index contributed by atoms with van der Waals surface area (Å²) in [6.07, 6.45) is 6.80. The van der Waals surface area contributed by atoms with Crippen LogP contribution in [0.3, 0.4) is 0 Å². The van der Waals surface area contributed by atoms with Gasteiger partial charge < -0.3 is 4.74 Å². The maximum atomic E-state index is 9.58. The average molecular weight is 156 g/mol. The number of carbonyl (C=O) groups excluding carboxylic acids is 1. The second-order valence-electron chi connectivity index (χ2n) is 2.55. The molecule has 0 bridgehead atoms. The minimum atomic E-state index is 0.522. The molecule has 0 rings (SSSR count). The molecule has 0 aromatic rings. The molecule has 64 valence electrons. The van der Waals surface area contributed by atoms with E-state index in [0.29, 0.717) is 6.61 Å². The minimum absolute atomic E-state index is 0.522. The topological polar surface area (TPSA) is 26.3 Å². The molecule has 0 saturated carbocycles. The second kappa shape index (κ2) is 9.47. The van der Waals surface area contributed by atoms with E-state index in [4.69, 9.17) is 0 Å². The van der Waals surface area contributed by atoms with Crippen LogP contribution in [-0.2, 0) is 9.53 Å². The van der Waals surface area contributed by atoms with Gasteiger partial charge in [-0.2, -0.15) is 0 Å². The summed E-state index contributed by atoms with van der Waals surface area (Å²) in [5.74, 6) is 0. The van der Waals surface area contributed by atoms with Gasteiger partial charge in [-0.3, -0.25) is 0 Å². The van der Waals surface area contributed by atoms with Crippen LogP contribution in [0.1, 0.15) is 38.5 Å². The number of hydrogen-bond acceptors (Lipinski definition) is 2. The molecule has 0 aliphatic carbocycles. The molecule has 2 radical (unpaired) electrons. The Bertz CT molecular complexity index is 81.6. The highest BCUT2D eigenvalue weighted by molar-refractivity contribution is 5.37. The third-order valence-electron chi connectivity index (χ3n) is 1.56. The first-order valence-electron chi connectivity index (χ1n) is 4.20. The lowest BCUT2D eigenvalue weighted by Crippen LogP contribution is -1.90. The van der Waals surface area contributed by atoms with Crippen molar-refractivity contribution in [2.24, 2.45) is 0 Å². The average Bonchev–Trinajstić information content (AvgIpc) is 2.03. The van der Waals surface area contributed by atoms with Crippen LogP contribution in [0.15, 0.2) is 0 Å². The second-order valence-corrected chi connectivity index (χ2v) is 2.55. The summed E-state index contributed by atoms with van der Waals surface area (Å²) < 4.78 is 4.42. The maximum Gasteiger partial charge on any atom is 0.417 e. The summed E-state index contributed by atoms with van der Waals surface area (Å²) in [6.45, 7) is 5.69. The molecule has 0 amide bonds. The van der Waals surface area contributed by atoms with Crippen LogP contribution < -0.4 is 0 Å². The molecule has 2 nitrogen and oxygen atoms in total. The van der Waals surface area contributed by atoms with Gasteiger partial charge in [-0.15, -0.1) is 0 Å². The quantitative estimate of drug-likeness (QED) is 0.504. The lowest BCUT2D eigenvalue weighted by Gasteiger charge is -1.98. The number of ether oxygens (including phenoxy) is 1. The van der Waals surface area contributed by atoms with Crippen molar-refractivity contribution in [2.75, 3.05) is 6.61 Å². The zero-order valence-electron chi connectivity index (χ0n) is 6.97. The first-order chi connectivity index (χ1) is 5.41. The van der Waals surface area contributed by atoms with Crippen molar-refractivity contribution in [3.63, 3.8) is 0 Å². The van der Waals surface area contributed by atoms with Gasteiger partial charge >= 0.3 is 6.47 Å². The van der Waals surface area contributed by atoms with E-state index in [1.54, 1.807) is 0 Å². The van der Waals surface area contributed by atoms with Gasteiger partial charge in [0.25, 0.3) is 0 Å². The molecular formula is C9H16O2. The van der Waals surface area contributed by atoms with Crippen molar-refractivity contribution < 1.29 is 9.53 Å². The highest BCUT2D eigenvalue weighted by Crippen LogP contribution is 2.04. The Kier molecular flexibility index (Phi) is 9.01. The molecule has 0 saturated heterocycles. The number of hydrogen-bond donors (Lipinski definition) is 0. The van der Waals surface area contributed by atoms with E-state index in [1.165, 1.54) is 25.7 Å². The zero-order chi connectivity index (χ0) is 8.36. The predicted molar refractivity (Wildman–Crippen MR) is 44.7 cm³/mol. The smallest absolute Gasteiger partial charge is 0.417 e. The van der Waals surface area contributed by atoms with E-state index < -0.39 is 0 Å². The number of unbranched alkanes of at least 4 members (excludes halogenated alkanes) is 5. The zero-order valence-corrected chi connectivity index (χ0v) is 6.97. The molecule has 11 heavy (non-hydrogen) atoms. The van der Waals surface area contributed by atoms with E-state index >= 15 is 0 Å². The summed E-state index contributed by atoms with van der Waals surface area (Å²) in [6, 6.07) is 0. The molecule has 0 aromatic carbocycles. The van der Waals surface area contributed by atoms with Crippen molar-refractivity contribution >= 4 is 6.47 Å². The fraction of sp³-hybridized carbons (Fsp3) is 0.778. The van der Waals surface area contributed by atoms with Gasteiger partial charge in [0.05, 0.1) is 6.61 Å². The monoisotopic (exact) mass is 156 g/mol. The van der Waals surface area contributed by atoms with E-state index in [-0.39, 0.29) is 0 Å². The third kappa shape index (κ3) is 9.47. The largest absolute Gasteiger partial charge is 0.457 e. The fourth-order valence-electron chi connectivity index (χ4n) is 0.923. The molecule has 0 aromatic heterocycles. The molecule has 0 heterocycles. The van der Waals surface area contributed by atoms with Crippen LogP contribution in [0.25, 0.3) is 0 Å². The van der Waals surface area contributed by atoms with Gasteiger partial charge in [-0.05, 0) is 6.42 Å². The standard InChI is InChI=1S/C9H16O2/c1-2-3-4-5-6-7-8-11-9-10/h1-8H2. The Hall–Kier alpha value is -0.530. The summed E-state index contributed by atoms with van der Waals surface area (Å²) in [7, 11) is 0. The molecule has 0 atom stereocenters. The molecule has 0 unspecified atom stereocenters. The molecule has 0 spiro atoms. The normalized spacial score (nSPS) is 9.55. The lowest BCUT2D eigenvalue weighted by molar-refractivity contribution is 0.268. The van der Waals surface area contributed by atoms with Crippen LogP contribution in [-0.4, -0.2) is 13.1 Å². The fourth-order valence-corrected chi connectivity index (χ4v) is 0.923. The van der Waals surface area contributed by atoms with Crippen molar-refractivity contribution in [2.45, 2.75) is 38.5 Å². The summed E-state index contributed by atoms with van der Waals surface area (Å²) in [4.78, 5) is 9.58. The molecular weight excluding hydrogens is 140 g/mol. The van der Waals surface area contributed by atoms with Gasteiger partial charge in [0.2, 0.25) is 0 Å². The molecule has 2 heteroatoms. The molecule has 0 aliphatic rings. The van der Waals surface area contributed by atoms with Gasteiger partial charge in [-0.25, -0.2) is 4.79 Å². The highest BCUT2D eigenvalue weighted by Gasteiger charge is 1.89. The van der Waals surface area contributed by atoms with Gasteiger partial charge in [0.1, 0.15) is 0 Å². The SMILES string of the molecule is [CH2]CCCCCCCO[C]=O. The van der Waals surface area contributed by atoms with Crippen molar-refractivity contribution in [1.82, 2.24) is 0 Å². The first-order valence-corrected chi connectivity index (χ1v) is 4.20. The Morgan fingerprint density at radius 3 is 2.36 bits per heavy atom. The van der Waals surface area contributed by atoms with Gasteiger partial charge in [-0.1, -0.05) is 39.0 Å². The Labute approximate surface area is 68.9 Å².